The highest BCUT2D eigenvalue weighted by atomic mass is 31.2. The first-order valence-corrected chi connectivity index (χ1v) is 22.7. The van der Waals surface area contributed by atoms with Gasteiger partial charge < -0.3 is 25.2 Å². The summed E-state index contributed by atoms with van der Waals surface area (Å²) < 4.78 is 32.6. The van der Waals surface area contributed by atoms with Gasteiger partial charge in [0.15, 0.2) is 6.10 Å². The molecule has 320 valence electrons. The average Bonchev–Trinajstić information content (AvgIpc) is 3.18. The van der Waals surface area contributed by atoms with Crippen LogP contribution in [0.3, 0.4) is 0 Å². The number of esters is 2. The number of nitrogens with two attached hydrogens (primary N) is 1. The van der Waals surface area contributed by atoms with Gasteiger partial charge in [0.2, 0.25) is 0 Å². The van der Waals surface area contributed by atoms with Gasteiger partial charge >= 0.3 is 19.8 Å². The van der Waals surface area contributed by atoms with Crippen LogP contribution in [0.4, 0.5) is 0 Å². The monoisotopic (exact) mass is 806 g/mol. The zero-order chi connectivity index (χ0) is 41.1. The minimum Gasteiger partial charge on any atom is -0.462 e. The van der Waals surface area contributed by atoms with Crippen LogP contribution in [-0.4, -0.2) is 61.0 Å². The largest absolute Gasteiger partial charge is 0.472 e. The lowest BCUT2D eigenvalue weighted by atomic mass is 10.1. The normalized spacial score (nSPS) is 14.1. The van der Waals surface area contributed by atoms with Crippen molar-refractivity contribution in [1.82, 2.24) is 0 Å². The van der Waals surface area contributed by atoms with Crippen LogP contribution in [0, 0.1) is 0 Å². The van der Waals surface area contributed by atoms with E-state index in [1.165, 1.54) is 38.5 Å². The van der Waals surface area contributed by atoms with Gasteiger partial charge in [-0.1, -0.05) is 131 Å². The van der Waals surface area contributed by atoms with Crippen molar-refractivity contribution in [3.63, 3.8) is 0 Å². The molecule has 10 nitrogen and oxygen atoms in total. The van der Waals surface area contributed by atoms with Crippen LogP contribution in [0.25, 0.3) is 0 Å². The molecule has 0 fully saturated rings. The van der Waals surface area contributed by atoms with E-state index >= 15 is 0 Å². The molecule has 0 rings (SSSR count). The number of carbonyl (C=O) groups is 2. The number of unbranched alkanes of at least 4 members (excludes halogenated alkanes) is 11. The van der Waals surface area contributed by atoms with Crippen molar-refractivity contribution in [1.29, 1.82) is 0 Å². The minimum absolute atomic E-state index is 0.0293. The molecule has 0 aromatic rings. The Morgan fingerprint density at radius 1 is 0.571 bits per heavy atom. The standard InChI is InChI=1S/C45H76NO9P/c1-2-3-4-5-6-7-8-9-10-12-15-18-21-24-27-30-33-36-44(48)52-41-43(42-54-56(50,51)53-40-38-46)55-45(49)37-34-31-28-25-22-19-16-13-11-14-17-20-23-26-29-32-35-39-47/h9-11,14-16,18-20,23-25,27-28,43,47H,2-8,12-13,17,21-22,26,29-42,46H2,1H3,(H,50,51)/b10-9-,14-11-,18-15-,19-16-,23-20-,27-24-,28-25-/t43-/m1/s1. The Kier molecular flexibility index (Phi) is 39.6. The molecule has 0 bridgehead atoms. The fraction of sp³-hybridized carbons (Fsp3) is 0.644. The number of rotatable bonds is 39. The fourth-order valence-corrected chi connectivity index (χ4v) is 5.92. The first kappa shape index (κ1) is 53.1. The predicted octanol–water partition coefficient (Wildman–Crippen LogP) is 11.0. The zero-order valence-electron chi connectivity index (χ0n) is 34.5. The molecule has 0 aromatic carbocycles. The fourth-order valence-electron chi connectivity index (χ4n) is 5.15. The van der Waals surface area contributed by atoms with Crippen molar-refractivity contribution in [3.05, 3.63) is 85.1 Å². The molecule has 0 saturated carbocycles. The van der Waals surface area contributed by atoms with Crippen LogP contribution in [0.15, 0.2) is 85.1 Å². The quantitative estimate of drug-likeness (QED) is 0.0237. The highest BCUT2D eigenvalue weighted by Crippen LogP contribution is 2.43. The van der Waals surface area contributed by atoms with Gasteiger partial charge in [0, 0.05) is 26.0 Å². The maximum absolute atomic E-state index is 12.5. The number of phosphoric ester groups is 1. The molecule has 56 heavy (non-hydrogen) atoms. The Morgan fingerprint density at radius 2 is 1.00 bits per heavy atom. The van der Waals surface area contributed by atoms with Crippen LogP contribution < -0.4 is 5.73 Å². The van der Waals surface area contributed by atoms with E-state index in [0.29, 0.717) is 19.3 Å². The smallest absolute Gasteiger partial charge is 0.462 e. The van der Waals surface area contributed by atoms with Gasteiger partial charge in [-0.25, -0.2) is 4.57 Å². The zero-order valence-corrected chi connectivity index (χ0v) is 35.4. The number of hydrogen-bond donors (Lipinski definition) is 3. The number of hydrogen-bond acceptors (Lipinski definition) is 9. The summed E-state index contributed by atoms with van der Waals surface area (Å²) in [6.07, 6.45) is 49.3. The van der Waals surface area contributed by atoms with Crippen LogP contribution in [-0.2, 0) is 32.7 Å². The van der Waals surface area contributed by atoms with Gasteiger partial charge in [0.25, 0.3) is 0 Å². The minimum atomic E-state index is -4.41. The number of aliphatic hydroxyl groups excluding tert-OH is 1. The first-order chi connectivity index (χ1) is 27.3. The van der Waals surface area contributed by atoms with Gasteiger partial charge in [-0.2, -0.15) is 0 Å². The van der Waals surface area contributed by atoms with E-state index in [1.807, 2.05) is 18.2 Å². The number of carbonyl (C=O) groups excluding carboxylic acids is 2. The van der Waals surface area contributed by atoms with E-state index in [4.69, 9.17) is 29.4 Å². The van der Waals surface area contributed by atoms with Gasteiger partial charge in [-0.3, -0.25) is 18.6 Å². The lowest BCUT2D eigenvalue weighted by molar-refractivity contribution is -0.161. The van der Waals surface area contributed by atoms with Crippen molar-refractivity contribution in [2.45, 2.75) is 154 Å². The molecule has 4 N–H and O–H groups in total. The molecule has 0 aliphatic rings. The van der Waals surface area contributed by atoms with Gasteiger partial charge in [-0.05, 0) is 89.9 Å². The Labute approximate surface area is 339 Å². The summed E-state index contributed by atoms with van der Waals surface area (Å²) in [6.45, 7) is 1.58. The average molecular weight is 806 g/mol. The molecule has 0 heterocycles. The van der Waals surface area contributed by atoms with Crippen LogP contribution in [0.1, 0.15) is 148 Å². The molecular weight excluding hydrogens is 729 g/mol. The topological polar surface area (TPSA) is 155 Å². The summed E-state index contributed by atoms with van der Waals surface area (Å²) in [5.74, 6) is -0.978. The molecule has 0 amide bonds. The summed E-state index contributed by atoms with van der Waals surface area (Å²) in [4.78, 5) is 34.8. The second-order valence-electron chi connectivity index (χ2n) is 13.6. The van der Waals surface area contributed by atoms with Crippen LogP contribution in [0.2, 0.25) is 0 Å². The molecule has 0 spiro atoms. The number of phosphoric acid groups is 1. The molecule has 0 saturated heterocycles. The Bertz CT molecular complexity index is 1190. The number of ether oxygens (including phenoxy) is 2. The van der Waals surface area contributed by atoms with E-state index in [0.717, 1.165) is 70.6 Å². The molecule has 1 unspecified atom stereocenters. The second-order valence-corrected chi connectivity index (χ2v) is 15.0. The van der Waals surface area contributed by atoms with Crippen LogP contribution in [0.5, 0.6) is 0 Å². The third-order valence-electron chi connectivity index (χ3n) is 8.31. The Morgan fingerprint density at radius 3 is 1.48 bits per heavy atom. The third-order valence-corrected chi connectivity index (χ3v) is 9.29. The molecule has 11 heteroatoms. The third kappa shape index (κ3) is 40.8. The maximum atomic E-state index is 12.5. The van der Waals surface area contributed by atoms with Crippen molar-refractivity contribution >= 4 is 19.8 Å². The first-order valence-electron chi connectivity index (χ1n) is 21.2. The van der Waals surface area contributed by atoms with E-state index in [2.05, 4.69) is 73.8 Å². The molecule has 0 aliphatic heterocycles. The Balaban J connectivity index is 4.36. The van der Waals surface area contributed by atoms with E-state index in [1.54, 1.807) is 0 Å². The number of aliphatic hydroxyl groups is 1. The molecule has 0 aliphatic carbocycles. The van der Waals surface area contributed by atoms with E-state index in [-0.39, 0.29) is 39.2 Å². The van der Waals surface area contributed by atoms with Gasteiger partial charge in [-0.15, -0.1) is 0 Å². The molecular formula is C45H76NO9P. The molecule has 0 radical (unpaired) electrons. The molecule has 2 atom stereocenters. The van der Waals surface area contributed by atoms with Crippen molar-refractivity contribution in [3.8, 4) is 0 Å². The summed E-state index contributed by atoms with van der Waals surface area (Å²) in [6, 6.07) is 0. The second kappa shape index (κ2) is 41.8. The van der Waals surface area contributed by atoms with Crippen molar-refractivity contribution in [2.24, 2.45) is 5.73 Å². The van der Waals surface area contributed by atoms with Crippen molar-refractivity contribution < 1.29 is 42.7 Å². The lowest BCUT2D eigenvalue weighted by Gasteiger charge is -2.19. The summed E-state index contributed by atoms with van der Waals surface area (Å²) in [7, 11) is -4.41. The maximum Gasteiger partial charge on any atom is 0.472 e. The molecule has 0 aromatic heterocycles. The summed E-state index contributed by atoms with van der Waals surface area (Å²) in [5, 5.41) is 8.79. The summed E-state index contributed by atoms with van der Waals surface area (Å²) >= 11 is 0. The highest BCUT2D eigenvalue weighted by molar-refractivity contribution is 7.47. The Hall–Kier alpha value is -2.85. The van der Waals surface area contributed by atoms with Gasteiger partial charge in [0.05, 0.1) is 13.2 Å². The van der Waals surface area contributed by atoms with Crippen LogP contribution >= 0.6 is 7.82 Å². The van der Waals surface area contributed by atoms with E-state index < -0.39 is 32.5 Å². The SMILES string of the molecule is CCCCCCCC/C=C\C/C=C\C/C=C\CCCC(=O)OC[C@H](COP(=O)(O)OCCN)OC(=O)CCC/C=C\C/C=C\C/C=C\C/C=C\CCCCCO. The van der Waals surface area contributed by atoms with E-state index in [9.17, 15) is 19.0 Å². The predicted molar refractivity (Wildman–Crippen MR) is 230 cm³/mol. The number of allylic oxidation sites excluding steroid dienone is 14. The summed E-state index contributed by atoms with van der Waals surface area (Å²) in [5.41, 5.74) is 5.33. The lowest BCUT2D eigenvalue weighted by Crippen LogP contribution is -2.29. The van der Waals surface area contributed by atoms with Gasteiger partial charge in [0.1, 0.15) is 6.61 Å². The van der Waals surface area contributed by atoms with Crippen molar-refractivity contribution in [2.75, 3.05) is 33.0 Å². The highest BCUT2D eigenvalue weighted by Gasteiger charge is 2.25.